The van der Waals surface area contributed by atoms with Gasteiger partial charge in [-0.15, -0.1) is 0 Å². The number of nitrogens with one attached hydrogen (secondary N) is 1. The van der Waals surface area contributed by atoms with E-state index in [1.54, 1.807) is 13.8 Å². The molecule has 0 saturated heterocycles. The number of ether oxygens (including phenoxy) is 1. The van der Waals surface area contributed by atoms with Gasteiger partial charge >= 0.3 is 6.18 Å². The molecule has 1 N–H and O–H groups in total. The molecule has 1 unspecified atom stereocenters. The molecule has 2 rings (SSSR count). The first-order valence-electron chi connectivity index (χ1n) is 8.28. The lowest BCUT2D eigenvalue weighted by Crippen LogP contribution is -2.20. The number of rotatable bonds is 6. The van der Waals surface area contributed by atoms with Crippen molar-refractivity contribution in [2.24, 2.45) is 5.92 Å². The molecule has 0 radical (unpaired) electrons. The van der Waals surface area contributed by atoms with Crippen molar-refractivity contribution in [3.63, 3.8) is 0 Å². The molecule has 0 aliphatic rings. The Balaban J connectivity index is 2.12. The summed E-state index contributed by atoms with van der Waals surface area (Å²) in [6, 6.07) is 4.67. The van der Waals surface area contributed by atoms with Crippen molar-refractivity contribution in [1.29, 1.82) is 0 Å². The first kappa shape index (κ1) is 19.8. The van der Waals surface area contributed by atoms with Crippen LogP contribution in [0.15, 0.2) is 24.3 Å². The van der Waals surface area contributed by atoms with Crippen molar-refractivity contribution in [1.82, 2.24) is 9.78 Å². The first-order chi connectivity index (χ1) is 12.1. The number of halogens is 3. The smallest absolute Gasteiger partial charge is 0.416 e. The van der Waals surface area contributed by atoms with Crippen LogP contribution in [0.5, 0.6) is 5.75 Å². The van der Waals surface area contributed by atoms with E-state index in [4.69, 9.17) is 4.74 Å². The van der Waals surface area contributed by atoms with Crippen molar-refractivity contribution in [2.75, 3.05) is 5.32 Å². The van der Waals surface area contributed by atoms with E-state index in [-0.39, 0.29) is 24.3 Å². The number of amides is 1. The maximum absolute atomic E-state index is 12.8. The maximum Gasteiger partial charge on any atom is 0.416 e. The molecule has 0 bridgehead atoms. The van der Waals surface area contributed by atoms with Crippen LogP contribution >= 0.6 is 0 Å². The monoisotopic (exact) mass is 369 g/mol. The Hall–Kier alpha value is -2.51. The van der Waals surface area contributed by atoms with Crippen LogP contribution in [0.4, 0.5) is 18.9 Å². The fraction of sp³-hybridized carbons (Fsp3) is 0.444. The summed E-state index contributed by atoms with van der Waals surface area (Å²) in [4.78, 5) is 12.1. The molecular weight excluding hydrogens is 347 g/mol. The van der Waals surface area contributed by atoms with Crippen LogP contribution in [-0.4, -0.2) is 15.7 Å². The zero-order valence-corrected chi connectivity index (χ0v) is 15.1. The summed E-state index contributed by atoms with van der Waals surface area (Å²) < 4.78 is 45.2. The van der Waals surface area contributed by atoms with Crippen molar-refractivity contribution >= 4 is 11.6 Å². The van der Waals surface area contributed by atoms with E-state index in [0.717, 1.165) is 18.6 Å². The number of aryl methyl sites for hydroxylation is 1. The van der Waals surface area contributed by atoms with E-state index < -0.39 is 11.7 Å². The van der Waals surface area contributed by atoms with Gasteiger partial charge in [0.05, 0.1) is 22.6 Å². The summed E-state index contributed by atoms with van der Waals surface area (Å²) in [5.74, 6) is -0.131. The van der Waals surface area contributed by atoms with Gasteiger partial charge in [0.15, 0.2) is 6.73 Å². The second-order valence-corrected chi connectivity index (χ2v) is 6.14. The Morgan fingerprint density at radius 3 is 2.65 bits per heavy atom. The number of nitrogens with zero attached hydrogens (tertiary/aromatic N) is 2. The molecule has 142 valence electrons. The van der Waals surface area contributed by atoms with Crippen molar-refractivity contribution < 1.29 is 22.7 Å². The number of hydrogen-bond acceptors (Lipinski definition) is 3. The van der Waals surface area contributed by atoms with Gasteiger partial charge in [0.25, 0.3) is 0 Å². The van der Waals surface area contributed by atoms with E-state index in [1.165, 1.54) is 16.8 Å². The predicted octanol–water partition coefficient (Wildman–Crippen LogP) is 4.54. The van der Waals surface area contributed by atoms with Crippen molar-refractivity contribution in [2.45, 2.75) is 47.0 Å². The molecule has 1 heterocycles. The fourth-order valence-electron chi connectivity index (χ4n) is 2.33. The standard InChI is InChI=1S/C18H22F3N3O2/c1-5-11(2)17(25)22-16-12(3)23-24(13(16)4)10-26-15-8-6-7-14(9-15)18(19,20)21/h6-9,11H,5,10H2,1-4H3,(H,22,25). The maximum atomic E-state index is 12.8. The molecule has 0 aliphatic heterocycles. The van der Waals surface area contributed by atoms with Crippen LogP contribution in [0.25, 0.3) is 0 Å². The topological polar surface area (TPSA) is 56.2 Å². The second-order valence-electron chi connectivity index (χ2n) is 6.14. The Morgan fingerprint density at radius 2 is 2.04 bits per heavy atom. The van der Waals surface area contributed by atoms with Gasteiger partial charge in [0.2, 0.25) is 5.91 Å². The highest BCUT2D eigenvalue weighted by atomic mass is 19.4. The number of alkyl halides is 3. The molecule has 1 amide bonds. The van der Waals surface area contributed by atoms with Gasteiger partial charge in [-0.05, 0) is 38.5 Å². The average molecular weight is 369 g/mol. The van der Waals surface area contributed by atoms with Gasteiger partial charge in [-0.1, -0.05) is 19.9 Å². The minimum absolute atomic E-state index is 0.0623. The summed E-state index contributed by atoms with van der Waals surface area (Å²) in [7, 11) is 0. The van der Waals surface area contributed by atoms with Gasteiger partial charge in [-0.2, -0.15) is 18.3 Å². The van der Waals surface area contributed by atoms with Gasteiger partial charge in [-0.25, -0.2) is 4.68 Å². The molecule has 5 nitrogen and oxygen atoms in total. The Bertz CT molecular complexity index is 784. The highest BCUT2D eigenvalue weighted by molar-refractivity contribution is 5.93. The van der Waals surface area contributed by atoms with E-state index in [1.807, 2.05) is 13.8 Å². The number of carbonyl (C=O) groups excluding carboxylic acids is 1. The minimum Gasteiger partial charge on any atom is -0.471 e. The molecule has 0 fully saturated rings. The Labute approximate surface area is 150 Å². The third-order valence-corrected chi connectivity index (χ3v) is 4.20. The van der Waals surface area contributed by atoms with Gasteiger partial charge < -0.3 is 10.1 Å². The first-order valence-corrected chi connectivity index (χ1v) is 8.28. The van der Waals surface area contributed by atoms with Crippen molar-refractivity contribution in [3.8, 4) is 5.75 Å². The lowest BCUT2D eigenvalue weighted by atomic mass is 10.1. The van der Waals surface area contributed by atoms with E-state index in [9.17, 15) is 18.0 Å². The SMILES string of the molecule is CCC(C)C(=O)Nc1c(C)nn(COc2cccc(C(F)(F)F)c2)c1C. The lowest BCUT2D eigenvalue weighted by Gasteiger charge is -2.12. The molecule has 26 heavy (non-hydrogen) atoms. The van der Waals surface area contributed by atoms with E-state index >= 15 is 0 Å². The number of aromatic nitrogens is 2. The van der Waals surface area contributed by atoms with Crippen LogP contribution in [0.1, 0.15) is 37.2 Å². The molecule has 0 saturated carbocycles. The molecule has 1 atom stereocenters. The van der Waals surface area contributed by atoms with Crippen LogP contribution in [-0.2, 0) is 17.7 Å². The molecule has 0 spiro atoms. The average Bonchev–Trinajstić information content (AvgIpc) is 2.86. The molecule has 1 aromatic heterocycles. The lowest BCUT2D eigenvalue weighted by molar-refractivity contribution is -0.137. The number of carbonyl (C=O) groups is 1. The third-order valence-electron chi connectivity index (χ3n) is 4.20. The number of benzene rings is 1. The predicted molar refractivity (Wildman–Crippen MR) is 91.9 cm³/mol. The van der Waals surface area contributed by atoms with Crippen molar-refractivity contribution in [3.05, 3.63) is 41.2 Å². The molecular formula is C18H22F3N3O2. The van der Waals surface area contributed by atoms with Gasteiger partial charge in [0, 0.05) is 5.92 Å². The Kier molecular flexibility index (Phi) is 5.94. The summed E-state index contributed by atoms with van der Waals surface area (Å²) in [5, 5.41) is 7.14. The number of hydrogen-bond donors (Lipinski definition) is 1. The zero-order chi connectivity index (χ0) is 19.5. The largest absolute Gasteiger partial charge is 0.471 e. The third kappa shape index (κ3) is 4.56. The highest BCUT2D eigenvalue weighted by Crippen LogP contribution is 2.31. The van der Waals surface area contributed by atoms with E-state index in [0.29, 0.717) is 17.1 Å². The minimum atomic E-state index is -4.43. The second kappa shape index (κ2) is 7.80. The summed E-state index contributed by atoms with van der Waals surface area (Å²) in [6.07, 6.45) is -3.71. The zero-order valence-electron chi connectivity index (χ0n) is 15.1. The number of anilines is 1. The molecule has 8 heteroatoms. The summed E-state index contributed by atoms with van der Waals surface area (Å²) in [6.45, 7) is 7.21. The molecule has 2 aromatic rings. The quantitative estimate of drug-likeness (QED) is 0.813. The van der Waals surface area contributed by atoms with Crippen LogP contribution in [0.3, 0.4) is 0 Å². The fourth-order valence-corrected chi connectivity index (χ4v) is 2.33. The molecule has 1 aromatic carbocycles. The van der Waals surface area contributed by atoms with Gasteiger partial charge in [-0.3, -0.25) is 4.79 Å². The summed E-state index contributed by atoms with van der Waals surface area (Å²) in [5.41, 5.74) is 1.12. The van der Waals surface area contributed by atoms with Gasteiger partial charge in [0.1, 0.15) is 5.75 Å². The van der Waals surface area contributed by atoms with Crippen LogP contribution in [0, 0.1) is 19.8 Å². The normalized spacial score (nSPS) is 12.7. The Morgan fingerprint density at radius 1 is 1.35 bits per heavy atom. The van der Waals surface area contributed by atoms with Crippen LogP contribution < -0.4 is 10.1 Å². The highest BCUT2D eigenvalue weighted by Gasteiger charge is 2.30. The van der Waals surface area contributed by atoms with E-state index in [2.05, 4.69) is 10.4 Å². The summed E-state index contributed by atoms with van der Waals surface area (Å²) >= 11 is 0. The van der Waals surface area contributed by atoms with Crippen LogP contribution in [0.2, 0.25) is 0 Å². The molecule has 0 aliphatic carbocycles.